The molecule has 1 unspecified atom stereocenters. The van der Waals surface area contributed by atoms with Crippen molar-refractivity contribution in [3.8, 4) is 0 Å². The van der Waals surface area contributed by atoms with E-state index in [-0.39, 0.29) is 6.10 Å². The third-order valence-electron chi connectivity index (χ3n) is 1.76. The lowest BCUT2D eigenvalue weighted by molar-refractivity contribution is 0.252. The summed E-state index contributed by atoms with van der Waals surface area (Å²) in [5, 5.41) is 1.30. The maximum atomic E-state index is 5.81. The molecule has 1 aromatic carbocycles. The van der Waals surface area contributed by atoms with Gasteiger partial charge in [-0.2, -0.15) is 0 Å². The van der Waals surface area contributed by atoms with Gasteiger partial charge in [-0.15, -0.1) is 6.58 Å². The van der Waals surface area contributed by atoms with Crippen LogP contribution in [0.25, 0.3) is 0 Å². The summed E-state index contributed by atoms with van der Waals surface area (Å²) in [5.41, 5.74) is 1.97. The standard InChI is InChI=1S/C11H16OSi/c1-4-13(12-10(2)3)11-8-6-5-7-9-11/h4-10,13H,1H2,2-3H3. The third kappa shape index (κ3) is 3.17. The summed E-state index contributed by atoms with van der Waals surface area (Å²) in [4.78, 5) is 0. The number of hydrogen-bond acceptors (Lipinski definition) is 1. The normalized spacial score (nSPS) is 12.8. The van der Waals surface area contributed by atoms with Crippen molar-refractivity contribution >= 4 is 14.2 Å². The van der Waals surface area contributed by atoms with Crippen LogP contribution in [-0.2, 0) is 4.43 Å². The molecule has 2 heteroatoms. The fourth-order valence-corrected chi connectivity index (χ4v) is 2.93. The molecule has 0 radical (unpaired) electrons. The first-order valence-electron chi connectivity index (χ1n) is 4.57. The first-order chi connectivity index (χ1) is 6.24. The molecule has 1 nitrogen and oxygen atoms in total. The highest BCUT2D eigenvalue weighted by atomic mass is 28.3. The Morgan fingerprint density at radius 2 is 1.92 bits per heavy atom. The van der Waals surface area contributed by atoms with Crippen LogP contribution in [0.2, 0.25) is 0 Å². The molecule has 70 valence electrons. The Labute approximate surface area is 81.8 Å². The molecule has 0 aliphatic rings. The van der Waals surface area contributed by atoms with Gasteiger partial charge in [-0.3, -0.25) is 0 Å². The molecule has 1 rings (SSSR count). The average molecular weight is 192 g/mol. The van der Waals surface area contributed by atoms with Gasteiger partial charge in [0.2, 0.25) is 9.04 Å². The van der Waals surface area contributed by atoms with Gasteiger partial charge in [0.25, 0.3) is 0 Å². The molecule has 1 atom stereocenters. The van der Waals surface area contributed by atoms with Crippen LogP contribution in [0, 0.1) is 0 Å². The van der Waals surface area contributed by atoms with E-state index in [1.54, 1.807) is 0 Å². The second kappa shape index (κ2) is 4.99. The topological polar surface area (TPSA) is 9.23 Å². The van der Waals surface area contributed by atoms with Crippen molar-refractivity contribution in [3.63, 3.8) is 0 Å². The van der Waals surface area contributed by atoms with Crippen LogP contribution in [0.3, 0.4) is 0 Å². The summed E-state index contributed by atoms with van der Waals surface area (Å²) < 4.78 is 5.81. The molecular formula is C11H16OSi. The van der Waals surface area contributed by atoms with Gasteiger partial charge in [-0.05, 0) is 19.0 Å². The molecule has 1 aromatic rings. The van der Waals surface area contributed by atoms with Gasteiger partial charge in [0.05, 0.1) is 0 Å². The van der Waals surface area contributed by atoms with E-state index in [9.17, 15) is 0 Å². The minimum Gasteiger partial charge on any atom is -0.409 e. The summed E-state index contributed by atoms with van der Waals surface area (Å²) in [6.07, 6.45) is 0.287. The van der Waals surface area contributed by atoms with Gasteiger partial charge in [0.1, 0.15) is 0 Å². The molecule has 13 heavy (non-hydrogen) atoms. The first kappa shape index (κ1) is 10.2. The molecule has 0 saturated heterocycles. The van der Waals surface area contributed by atoms with E-state index in [0.717, 1.165) is 0 Å². The number of hydrogen-bond donors (Lipinski definition) is 0. The predicted octanol–water partition coefficient (Wildman–Crippen LogP) is 1.77. The lowest BCUT2D eigenvalue weighted by Gasteiger charge is -2.15. The van der Waals surface area contributed by atoms with Gasteiger partial charge in [0, 0.05) is 6.10 Å². The fourth-order valence-electron chi connectivity index (χ4n) is 1.21. The Hall–Kier alpha value is -0.863. The Morgan fingerprint density at radius 1 is 1.31 bits per heavy atom. The highest BCUT2D eigenvalue weighted by Gasteiger charge is 2.11. The van der Waals surface area contributed by atoms with Crippen LogP contribution in [0.1, 0.15) is 13.8 Å². The SMILES string of the molecule is C=C[SiH](OC(C)C)c1ccccc1. The second-order valence-corrected chi connectivity index (χ2v) is 5.50. The molecule has 0 aliphatic carbocycles. The molecule has 0 fully saturated rings. The van der Waals surface area contributed by atoms with Crippen molar-refractivity contribution in [1.29, 1.82) is 0 Å². The van der Waals surface area contributed by atoms with Gasteiger partial charge < -0.3 is 4.43 Å². The minimum atomic E-state index is -1.37. The maximum Gasteiger partial charge on any atom is 0.232 e. The lowest BCUT2D eigenvalue weighted by atomic mass is 10.4. The van der Waals surface area contributed by atoms with Crippen molar-refractivity contribution in [2.45, 2.75) is 20.0 Å². The molecule has 0 bridgehead atoms. The summed E-state index contributed by atoms with van der Waals surface area (Å²) in [7, 11) is -1.37. The van der Waals surface area contributed by atoms with E-state index in [4.69, 9.17) is 4.43 Å². The van der Waals surface area contributed by atoms with Crippen molar-refractivity contribution in [3.05, 3.63) is 42.6 Å². The lowest BCUT2D eigenvalue weighted by Crippen LogP contribution is -2.33. The zero-order valence-corrected chi connectivity index (χ0v) is 9.39. The number of rotatable bonds is 4. The molecule has 0 saturated carbocycles. The Kier molecular flexibility index (Phi) is 3.93. The summed E-state index contributed by atoms with van der Waals surface area (Å²) in [6.45, 7) is 7.95. The summed E-state index contributed by atoms with van der Waals surface area (Å²) in [5.74, 6) is 0. The van der Waals surface area contributed by atoms with E-state index in [2.05, 4.69) is 32.6 Å². The average Bonchev–Trinajstić information content (AvgIpc) is 2.15. The Bertz CT molecular complexity index is 256. The molecule has 0 aromatic heterocycles. The zero-order valence-electron chi connectivity index (χ0n) is 8.23. The van der Waals surface area contributed by atoms with Gasteiger partial charge in [0.15, 0.2) is 0 Å². The molecule has 0 spiro atoms. The van der Waals surface area contributed by atoms with E-state index in [0.29, 0.717) is 0 Å². The second-order valence-electron chi connectivity index (χ2n) is 3.25. The van der Waals surface area contributed by atoms with E-state index >= 15 is 0 Å². The highest BCUT2D eigenvalue weighted by Crippen LogP contribution is 1.96. The van der Waals surface area contributed by atoms with Crippen LogP contribution < -0.4 is 5.19 Å². The first-order valence-corrected chi connectivity index (χ1v) is 6.28. The smallest absolute Gasteiger partial charge is 0.232 e. The van der Waals surface area contributed by atoms with Gasteiger partial charge in [-0.1, -0.05) is 36.0 Å². The van der Waals surface area contributed by atoms with Gasteiger partial charge >= 0.3 is 0 Å². The largest absolute Gasteiger partial charge is 0.409 e. The van der Waals surface area contributed by atoms with Crippen LogP contribution in [0.15, 0.2) is 42.6 Å². The maximum absolute atomic E-state index is 5.81. The highest BCUT2D eigenvalue weighted by molar-refractivity contribution is 6.72. The van der Waals surface area contributed by atoms with Crippen molar-refractivity contribution in [1.82, 2.24) is 0 Å². The van der Waals surface area contributed by atoms with E-state index in [1.807, 2.05) is 23.9 Å². The summed E-state index contributed by atoms with van der Waals surface area (Å²) in [6, 6.07) is 10.3. The predicted molar refractivity (Wildman–Crippen MR) is 59.6 cm³/mol. The minimum absolute atomic E-state index is 0.287. The van der Waals surface area contributed by atoms with Crippen LogP contribution in [-0.4, -0.2) is 15.1 Å². The van der Waals surface area contributed by atoms with Crippen molar-refractivity contribution < 1.29 is 4.43 Å². The number of benzene rings is 1. The van der Waals surface area contributed by atoms with Crippen LogP contribution >= 0.6 is 0 Å². The third-order valence-corrected chi connectivity index (χ3v) is 4.07. The van der Waals surface area contributed by atoms with Crippen LogP contribution in [0.5, 0.6) is 0 Å². The molecule has 0 amide bonds. The molecule has 0 N–H and O–H groups in total. The Morgan fingerprint density at radius 3 is 2.38 bits per heavy atom. The van der Waals surface area contributed by atoms with Crippen molar-refractivity contribution in [2.75, 3.05) is 0 Å². The molecular weight excluding hydrogens is 176 g/mol. The monoisotopic (exact) mass is 192 g/mol. The summed E-state index contributed by atoms with van der Waals surface area (Å²) >= 11 is 0. The molecule has 0 aliphatic heterocycles. The zero-order chi connectivity index (χ0) is 9.68. The van der Waals surface area contributed by atoms with Crippen LogP contribution in [0.4, 0.5) is 0 Å². The van der Waals surface area contributed by atoms with Crippen molar-refractivity contribution in [2.24, 2.45) is 0 Å². The van der Waals surface area contributed by atoms with Gasteiger partial charge in [-0.25, -0.2) is 0 Å². The van der Waals surface area contributed by atoms with E-state index in [1.165, 1.54) is 5.19 Å². The molecule has 0 heterocycles. The van der Waals surface area contributed by atoms with E-state index < -0.39 is 9.04 Å². The Balaban J connectivity index is 2.73. The fraction of sp³-hybridized carbons (Fsp3) is 0.273. The quantitative estimate of drug-likeness (QED) is 0.661.